The van der Waals surface area contributed by atoms with E-state index in [2.05, 4.69) is 0 Å². The zero-order valence-electron chi connectivity index (χ0n) is 10.8. The highest BCUT2D eigenvalue weighted by Crippen LogP contribution is 2.35. The third-order valence-electron chi connectivity index (χ3n) is 3.67. The lowest BCUT2D eigenvalue weighted by Gasteiger charge is -2.28. The molecule has 2 heterocycles. The summed E-state index contributed by atoms with van der Waals surface area (Å²) in [4.78, 5) is 10.9. The van der Waals surface area contributed by atoms with Crippen LogP contribution in [0.5, 0.6) is 11.5 Å². The highest BCUT2D eigenvalue weighted by molar-refractivity contribution is 7.89. The van der Waals surface area contributed by atoms with Crippen LogP contribution in [0.4, 0.5) is 0 Å². The van der Waals surface area contributed by atoms with Crippen LogP contribution in [0.1, 0.15) is 12.8 Å². The molecular formula is C13H15NO5S. The van der Waals surface area contributed by atoms with Crippen molar-refractivity contribution in [1.82, 2.24) is 4.31 Å². The second-order valence-electron chi connectivity index (χ2n) is 4.89. The van der Waals surface area contributed by atoms with Gasteiger partial charge in [0.2, 0.25) is 16.8 Å². The minimum Gasteiger partial charge on any atom is -0.454 e. The van der Waals surface area contributed by atoms with Gasteiger partial charge in [-0.1, -0.05) is 0 Å². The van der Waals surface area contributed by atoms with Crippen LogP contribution in [-0.2, 0) is 14.8 Å². The van der Waals surface area contributed by atoms with Gasteiger partial charge in [-0.3, -0.25) is 0 Å². The van der Waals surface area contributed by atoms with Crippen LogP contribution in [-0.4, -0.2) is 38.9 Å². The Bertz CT molecular complexity index is 620. The van der Waals surface area contributed by atoms with E-state index >= 15 is 0 Å². The van der Waals surface area contributed by atoms with Crippen LogP contribution in [0.3, 0.4) is 0 Å². The Morgan fingerprint density at radius 2 is 1.85 bits per heavy atom. The maximum atomic E-state index is 12.5. The molecule has 0 aromatic heterocycles. The Kier molecular flexibility index (Phi) is 3.39. The molecule has 0 N–H and O–H groups in total. The van der Waals surface area contributed by atoms with Crippen molar-refractivity contribution in [2.24, 2.45) is 5.92 Å². The minimum absolute atomic E-state index is 0.0294. The molecule has 2 aliphatic rings. The predicted octanol–water partition coefficient (Wildman–Crippen LogP) is 1.01. The van der Waals surface area contributed by atoms with Crippen LogP contribution in [0.15, 0.2) is 23.1 Å². The van der Waals surface area contributed by atoms with Crippen molar-refractivity contribution in [3.05, 3.63) is 18.2 Å². The Morgan fingerprint density at radius 3 is 2.55 bits per heavy atom. The lowest BCUT2D eigenvalue weighted by atomic mass is 10.0. The monoisotopic (exact) mass is 297 g/mol. The third-order valence-corrected chi connectivity index (χ3v) is 5.57. The number of benzene rings is 1. The molecule has 0 atom stereocenters. The van der Waals surface area contributed by atoms with Crippen molar-refractivity contribution in [2.75, 3.05) is 19.9 Å². The van der Waals surface area contributed by atoms with E-state index in [0.717, 1.165) is 6.29 Å². The van der Waals surface area contributed by atoms with Gasteiger partial charge in [-0.15, -0.1) is 0 Å². The topological polar surface area (TPSA) is 72.9 Å². The first-order chi connectivity index (χ1) is 9.61. The van der Waals surface area contributed by atoms with Gasteiger partial charge in [-0.05, 0) is 25.0 Å². The summed E-state index contributed by atoms with van der Waals surface area (Å²) in [5.74, 6) is 0.982. The van der Waals surface area contributed by atoms with E-state index in [-0.39, 0.29) is 17.6 Å². The van der Waals surface area contributed by atoms with Crippen molar-refractivity contribution < 1.29 is 22.7 Å². The second kappa shape index (κ2) is 5.06. The van der Waals surface area contributed by atoms with Gasteiger partial charge in [-0.25, -0.2) is 8.42 Å². The lowest BCUT2D eigenvalue weighted by Crippen LogP contribution is -2.38. The van der Waals surface area contributed by atoms with Crippen LogP contribution < -0.4 is 9.47 Å². The van der Waals surface area contributed by atoms with Crippen molar-refractivity contribution in [3.63, 3.8) is 0 Å². The molecule has 0 amide bonds. The van der Waals surface area contributed by atoms with Gasteiger partial charge >= 0.3 is 0 Å². The van der Waals surface area contributed by atoms with Crippen LogP contribution in [0.2, 0.25) is 0 Å². The maximum absolute atomic E-state index is 12.5. The van der Waals surface area contributed by atoms with E-state index < -0.39 is 10.0 Å². The van der Waals surface area contributed by atoms with E-state index in [9.17, 15) is 13.2 Å². The summed E-state index contributed by atoms with van der Waals surface area (Å²) in [6, 6.07) is 4.62. The zero-order chi connectivity index (χ0) is 14.2. The molecule has 0 saturated carbocycles. The molecule has 0 spiro atoms. The van der Waals surface area contributed by atoms with E-state index in [1.165, 1.54) is 16.4 Å². The van der Waals surface area contributed by atoms with Gasteiger partial charge in [0.05, 0.1) is 4.90 Å². The fourth-order valence-corrected chi connectivity index (χ4v) is 3.92. The number of aldehydes is 1. The number of carbonyl (C=O) groups is 1. The van der Waals surface area contributed by atoms with Crippen molar-refractivity contribution in [1.29, 1.82) is 0 Å². The maximum Gasteiger partial charge on any atom is 0.243 e. The number of piperidine rings is 1. The molecule has 3 rings (SSSR count). The molecule has 108 valence electrons. The number of rotatable bonds is 3. The summed E-state index contributed by atoms with van der Waals surface area (Å²) >= 11 is 0. The fourth-order valence-electron chi connectivity index (χ4n) is 2.44. The first kappa shape index (κ1) is 13.4. The molecule has 0 bridgehead atoms. The van der Waals surface area contributed by atoms with Crippen molar-refractivity contribution in [2.45, 2.75) is 17.7 Å². The van der Waals surface area contributed by atoms with Crippen LogP contribution >= 0.6 is 0 Å². The Labute approximate surface area is 117 Å². The van der Waals surface area contributed by atoms with Gasteiger partial charge in [0.15, 0.2) is 11.5 Å². The zero-order valence-corrected chi connectivity index (χ0v) is 11.6. The molecule has 20 heavy (non-hydrogen) atoms. The predicted molar refractivity (Wildman–Crippen MR) is 70.1 cm³/mol. The van der Waals surface area contributed by atoms with Gasteiger partial charge in [0.1, 0.15) is 6.29 Å². The second-order valence-corrected chi connectivity index (χ2v) is 6.83. The molecule has 7 heteroatoms. The summed E-state index contributed by atoms with van der Waals surface area (Å²) in [6.45, 7) is 0.865. The molecule has 2 aliphatic heterocycles. The third kappa shape index (κ3) is 2.27. The Balaban J connectivity index is 1.83. The van der Waals surface area contributed by atoms with Crippen molar-refractivity contribution in [3.8, 4) is 11.5 Å². The van der Waals surface area contributed by atoms with Crippen molar-refractivity contribution >= 4 is 16.3 Å². The highest BCUT2D eigenvalue weighted by atomic mass is 32.2. The summed E-state index contributed by atoms with van der Waals surface area (Å²) in [6.07, 6.45) is 2.06. The number of hydrogen-bond donors (Lipinski definition) is 0. The van der Waals surface area contributed by atoms with Gasteiger partial charge in [-0.2, -0.15) is 4.31 Å². The minimum atomic E-state index is -3.53. The van der Waals surface area contributed by atoms with Crippen LogP contribution in [0.25, 0.3) is 0 Å². The van der Waals surface area contributed by atoms with Gasteiger partial charge < -0.3 is 14.3 Å². The molecule has 1 fully saturated rings. The van der Waals surface area contributed by atoms with E-state index in [4.69, 9.17) is 9.47 Å². The number of carbonyl (C=O) groups excluding carboxylic acids is 1. The first-order valence-corrected chi connectivity index (χ1v) is 7.90. The smallest absolute Gasteiger partial charge is 0.243 e. The standard InChI is InChI=1S/C13H15NO5S/c15-8-10-3-5-14(6-4-10)20(16,17)11-1-2-12-13(7-11)19-9-18-12/h1-2,7-8,10H,3-6,9H2. The number of sulfonamides is 1. The number of fused-ring (bicyclic) bond motifs is 1. The number of hydrogen-bond acceptors (Lipinski definition) is 5. The Hall–Kier alpha value is -1.60. The van der Waals surface area contributed by atoms with Gasteiger partial charge in [0.25, 0.3) is 0 Å². The largest absolute Gasteiger partial charge is 0.454 e. The molecular weight excluding hydrogens is 282 g/mol. The van der Waals surface area contributed by atoms with Gasteiger partial charge in [0, 0.05) is 25.1 Å². The molecule has 0 unspecified atom stereocenters. The quantitative estimate of drug-likeness (QED) is 0.779. The number of nitrogens with zero attached hydrogens (tertiary/aromatic N) is 1. The highest BCUT2D eigenvalue weighted by Gasteiger charge is 2.30. The Morgan fingerprint density at radius 1 is 1.15 bits per heavy atom. The van der Waals surface area contributed by atoms with E-state index in [1.54, 1.807) is 6.07 Å². The van der Waals surface area contributed by atoms with E-state index in [0.29, 0.717) is 37.4 Å². The summed E-state index contributed by atoms with van der Waals surface area (Å²) in [5.41, 5.74) is 0. The number of ether oxygens (including phenoxy) is 2. The molecule has 1 aromatic carbocycles. The molecule has 0 radical (unpaired) electrons. The first-order valence-electron chi connectivity index (χ1n) is 6.46. The SMILES string of the molecule is O=CC1CCN(S(=O)(=O)c2ccc3c(c2)OCO3)CC1. The molecule has 1 aromatic rings. The molecule has 6 nitrogen and oxygen atoms in total. The lowest BCUT2D eigenvalue weighted by molar-refractivity contribution is -0.112. The van der Waals surface area contributed by atoms with E-state index in [1.807, 2.05) is 0 Å². The molecule has 1 saturated heterocycles. The molecule has 0 aliphatic carbocycles. The normalized spacial score (nSPS) is 20.0. The average molecular weight is 297 g/mol. The summed E-state index contributed by atoms with van der Waals surface area (Å²) in [5, 5.41) is 0. The average Bonchev–Trinajstić information content (AvgIpc) is 2.94. The van der Waals surface area contributed by atoms with Crippen LogP contribution in [0, 0.1) is 5.92 Å². The fraction of sp³-hybridized carbons (Fsp3) is 0.462. The summed E-state index contributed by atoms with van der Waals surface area (Å²) in [7, 11) is -3.53. The summed E-state index contributed by atoms with van der Waals surface area (Å²) < 4.78 is 36.8.